The molecule has 0 aliphatic carbocycles. The van der Waals surface area contributed by atoms with E-state index in [1.165, 1.54) is 0 Å². The Morgan fingerprint density at radius 1 is 0.636 bits per heavy atom. The van der Waals surface area contributed by atoms with Crippen LogP contribution in [0.1, 0.15) is 27.2 Å². The summed E-state index contributed by atoms with van der Waals surface area (Å²) < 4.78 is 5.41. The minimum absolute atomic E-state index is 0.0177. The summed E-state index contributed by atoms with van der Waals surface area (Å²) in [4.78, 5) is 53.3. The van der Waals surface area contributed by atoms with E-state index in [9.17, 15) is 29.4 Å². The molecule has 190 valence electrons. The summed E-state index contributed by atoms with van der Waals surface area (Å²) in [5.74, 6) is -3.26. The summed E-state index contributed by atoms with van der Waals surface area (Å²) in [7, 11) is 0. The van der Waals surface area contributed by atoms with Crippen molar-refractivity contribution in [3.8, 4) is 0 Å². The third-order valence-electron chi connectivity index (χ3n) is 5.06. The molecule has 33 heavy (non-hydrogen) atoms. The van der Waals surface area contributed by atoms with Crippen LogP contribution in [-0.2, 0) is 23.9 Å². The first kappa shape index (κ1) is 28.8. The van der Waals surface area contributed by atoms with Crippen LogP contribution < -0.4 is 0 Å². The molecule has 12 heteroatoms. The van der Waals surface area contributed by atoms with E-state index in [0.717, 1.165) is 0 Å². The summed E-state index contributed by atoms with van der Waals surface area (Å²) in [6.07, 6.45) is -0.0540. The van der Waals surface area contributed by atoms with Gasteiger partial charge in [0, 0.05) is 58.9 Å². The maximum absolute atomic E-state index is 12.4. The van der Waals surface area contributed by atoms with E-state index >= 15 is 0 Å². The van der Waals surface area contributed by atoms with Gasteiger partial charge in [-0.15, -0.1) is 0 Å². The zero-order valence-electron chi connectivity index (χ0n) is 19.9. The number of carbonyl (C=O) groups is 4. The van der Waals surface area contributed by atoms with Crippen molar-refractivity contribution >= 4 is 23.9 Å². The average Bonchev–Trinajstić information content (AvgIpc) is 2.64. The molecule has 0 bridgehead atoms. The van der Waals surface area contributed by atoms with Gasteiger partial charge in [0.15, 0.2) is 0 Å². The zero-order valence-corrected chi connectivity index (χ0v) is 19.9. The van der Waals surface area contributed by atoms with E-state index in [1.807, 2.05) is 9.80 Å². The van der Waals surface area contributed by atoms with Gasteiger partial charge in [-0.1, -0.05) is 0 Å². The molecule has 0 saturated carbocycles. The normalized spacial score (nSPS) is 18.8. The van der Waals surface area contributed by atoms with Gasteiger partial charge < -0.3 is 25.0 Å². The lowest BCUT2D eigenvalue weighted by Gasteiger charge is -2.33. The van der Waals surface area contributed by atoms with E-state index in [0.29, 0.717) is 58.9 Å². The Morgan fingerprint density at radius 2 is 1.00 bits per heavy atom. The molecule has 1 saturated heterocycles. The molecule has 0 unspecified atom stereocenters. The fourth-order valence-corrected chi connectivity index (χ4v) is 3.47. The van der Waals surface area contributed by atoms with E-state index < -0.39 is 29.5 Å². The number of nitrogens with zero attached hydrogens (tertiary/aromatic N) is 4. The SMILES string of the molecule is CC(C)(C)OC(=O)CN1CCN(CC(=O)O)CCN(CCC(=O)O)CCN(CC(=O)O)CC1. The number of hydrogen-bond acceptors (Lipinski definition) is 9. The minimum atomic E-state index is -0.967. The molecule has 0 aromatic heterocycles. The Hall–Kier alpha value is -2.28. The lowest BCUT2D eigenvalue weighted by molar-refractivity contribution is -0.156. The van der Waals surface area contributed by atoms with E-state index in [4.69, 9.17) is 9.84 Å². The second-order valence-corrected chi connectivity index (χ2v) is 9.19. The number of ether oxygens (including phenoxy) is 1. The lowest BCUT2D eigenvalue weighted by Crippen LogP contribution is -2.49. The van der Waals surface area contributed by atoms with Crippen molar-refractivity contribution in [3.05, 3.63) is 0 Å². The third kappa shape index (κ3) is 14.5. The molecule has 0 amide bonds. The second-order valence-electron chi connectivity index (χ2n) is 9.19. The smallest absolute Gasteiger partial charge is 0.320 e. The van der Waals surface area contributed by atoms with Crippen molar-refractivity contribution in [2.45, 2.75) is 32.8 Å². The van der Waals surface area contributed by atoms with Gasteiger partial charge in [-0.25, -0.2) is 0 Å². The van der Waals surface area contributed by atoms with Crippen LogP contribution in [0.2, 0.25) is 0 Å². The van der Waals surface area contributed by atoms with Crippen LogP contribution >= 0.6 is 0 Å². The molecule has 3 N–H and O–H groups in total. The Morgan fingerprint density at radius 3 is 1.33 bits per heavy atom. The zero-order chi connectivity index (χ0) is 25.0. The molecular weight excluding hydrogens is 436 g/mol. The Labute approximate surface area is 194 Å². The number of carbonyl (C=O) groups excluding carboxylic acids is 1. The topological polar surface area (TPSA) is 151 Å². The summed E-state index contributed by atoms with van der Waals surface area (Å²) in [6, 6.07) is 0. The summed E-state index contributed by atoms with van der Waals surface area (Å²) in [6.45, 7) is 8.62. The molecule has 0 spiro atoms. The van der Waals surface area contributed by atoms with Gasteiger partial charge in [-0.3, -0.25) is 33.9 Å². The predicted molar refractivity (Wildman–Crippen MR) is 119 cm³/mol. The first-order valence-electron chi connectivity index (χ1n) is 11.1. The van der Waals surface area contributed by atoms with Gasteiger partial charge >= 0.3 is 23.9 Å². The van der Waals surface area contributed by atoms with Crippen molar-refractivity contribution in [1.82, 2.24) is 19.6 Å². The molecule has 1 fully saturated rings. The van der Waals surface area contributed by atoms with Crippen molar-refractivity contribution < 1.29 is 39.2 Å². The highest BCUT2D eigenvalue weighted by Crippen LogP contribution is 2.08. The molecule has 1 aliphatic rings. The van der Waals surface area contributed by atoms with Crippen LogP contribution in [0.5, 0.6) is 0 Å². The van der Waals surface area contributed by atoms with E-state index in [2.05, 4.69) is 0 Å². The molecule has 0 aromatic carbocycles. The van der Waals surface area contributed by atoms with Crippen LogP contribution in [0.4, 0.5) is 0 Å². The molecular formula is C21H38N4O8. The van der Waals surface area contributed by atoms with Crippen molar-refractivity contribution in [3.63, 3.8) is 0 Å². The van der Waals surface area contributed by atoms with Crippen LogP contribution in [0.15, 0.2) is 0 Å². The van der Waals surface area contributed by atoms with Gasteiger partial charge in [-0.2, -0.15) is 0 Å². The molecule has 0 radical (unpaired) electrons. The van der Waals surface area contributed by atoms with Crippen LogP contribution in [0.25, 0.3) is 0 Å². The number of esters is 1. The van der Waals surface area contributed by atoms with Crippen LogP contribution in [0.3, 0.4) is 0 Å². The Kier molecular flexibility index (Phi) is 12.3. The van der Waals surface area contributed by atoms with Crippen molar-refractivity contribution in [2.75, 3.05) is 78.5 Å². The molecule has 1 heterocycles. The van der Waals surface area contributed by atoms with E-state index in [1.54, 1.807) is 30.6 Å². The first-order chi connectivity index (χ1) is 15.3. The quantitative estimate of drug-likeness (QED) is 0.359. The number of hydrogen-bond donors (Lipinski definition) is 3. The number of carboxylic acid groups (broad SMARTS) is 3. The largest absolute Gasteiger partial charge is 0.481 e. The number of carboxylic acids is 3. The fourth-order valence-electron chi connectivity index (χ4n) is 3.47. The third-order valence-corrected chi connectivity index (χ3v) is 5.06. The fraction of sp³-hybridized carbons (Fsp3) is 0.810. The van der Waals surface area contributed by atoms with Crippen LogP contribution in [-0.4, -0.2) is 143 Å². The first-order valence-corrected chi connectivity index (χ1v) is 11.1. The predicted octanol–water partition coefficient (Wildman–Crippen LogP) is -0.806. The van der Waals surface area contributed by atoms with Gasteiger partial charge in [-0.05, 0) is 20.8 Å². The highest BCUT2D eigenvalue weighted by molar-refractivity contribution is 5.72. The number of rotatable bonds is 9. The molecule has 12 nitrogen and oxygen atoms in total. The maximum Gasteiger partial charge on any atom is 0.320 e. The standard InChI is InChI=1S/C21H38N4O8/c1-21(2,3)33-20(32)16-25-12-10-23(14-18(28)29)8-6-22(5-4-17(26)27)7-9-24(11-13-25)15-19(30)31/h4-16H2,1-3H3,(H,26,27)(H,28,29)(H,30,31). The van der Waals surface area contributed by atoms with Crippen LogP contribution in [0, 0.1) is 0 Å². The minimum Gasteiger partial charge on any atom is -0.481 e. The monoisotopic (exact) mass is 474 g/mol. The highest BCUT2D eigenvalue weighted by Gasteiger charge is 2.22. The maximum atomic E-state index is 12.4. The molecule has 0 aromatic rings. The van der Waals surface area contributed by atoms with Gasteiger partial charge in [0.05, 0.1) is 26.1 Å². The Balaban J connectivity index is 2.95. The lowest BCUT2D eigenvalue weighted by atomic mass is 10.2. The van der Waals surface area contributed by atoms with Crippen molar-refractivity contribution in [1.29, 1.82) is 0 Å². The molecule has 1 aliphatic heterocycles. The van der Waals surface area contributed by atoms with Crippen molar-refractivity contribution in [2.24, 2.45) is 0 Å². The Bertz CT molecular complexity index is 635. The number of aliphatic carboxylic acids is 3. The highest BCUT2D eigenvalue weighted by atomic mass is 16.6. The summed E-state index contributed by atoms with van der Waals surface area (Å²) in [5, 5.41) is 27.6. The summed E-state index contributed by atoms with van der Waals surface area (Å²) >= 11 is 0. The molecule has 1 rings (SSSR count). The molecule has 0 atom stereocenters. The van der Waals surface area contributed by atoms with Gasteiger partial charge in [0.2, 0.25) is 0 Å². The summed E-state index contributed by atoms with van der Waals surface area (Å²) in [5.41, 5.74) is -0.631. The average molecular weight is 475 g/mol. The van der Waals surface area contributed by atoms with Gasteiger partial charge in [0.25, 0.3) is 0 Å². The van der Waals surface area contributed by atoms with Gasteiger partial charge in [0.1, 0.15) is 5.60 Å². The second kappa shape index (κ2) is 14.1. The van der Waals surface area contributed by atoms with E-state index in [-0.39, 0.29) is 26.1 Å².